The van der Waals surface area contributed by atoms with Gasteiger partial charge in [-0.3, -0.25) is 0 Å². The van der Waals surface area contributed by atoms with E-state index >= 15 is 0 Å². The number of benzene rings is 1. The number of urea groups is 1. The molecule has 5 nitrogen and oxygen atoms in total. The summed E-state index contributed by atoms with van der Waals surface area (Å²) in [5, 5.41) is 6.39. The average Bonchev–Trinajstić information content (AvgIpc) is 2.98. The molecule has 23 heavy (non-hydrogen) atoms. The second kappa shape index (κ2) is 7.75. The van der Waals surface area contributed by atoms with Crippen molar-refractivity contribution in [2.24, 2.45) is 0 Å². The Labute approximate surface area is 136 Å². The SMILES string of the molecule is O=C1NCCN1CCN1CCC(NCc2ccc(F)cc2)CC1. The van der Waals surface area contributed by atoms with Crippen molar-refractivity contribution in [2.75, 3.05) is 39.3 Å². The third-order valence-electron chi connectivity index (χ3n) is 4.73. The molecule has 0 radical (unpaired) electrons. The minimum absolute atomic E-state index is 0.0702. The van der Waals surface area contributed by atoms with Gasteiger partial charge in [-0.25, -0.2) is 9.18 Å². The van der Waals surface area contributed by atoms with Gasteiger partial charge in [0.05, 0.1) is 0 Å². The van der Waals surface area contributed by atoms with Gasteiger partial charge in [-0.1, -0.05) is 12.1 Å². The standard InChI is InChI=1S/C17H25FN4O/c18-15-3-1-14(2-4-15)13-20-16-5-8-21(9-6-16)11-12-22-10-7-19-17(22)23/h1-4,16,20H,5-13H2,(H,19,23). The third-order valence-corrected chi connectivity index (χ3v) is 4.73. The second-order valence-electron chi connectivity index (χ2n) is 6.34. The van der Waals surface area contributed by atoms with Crippen molar-refractivity contribution in [1.82, 2.24) is 20.4 Å². The smallest absolute Gasteiger partial charge is 0.317 e. The summed E-state index contributed by atoms with van der Waals surface area (Å²) in [4.78, 5) is 15.8. The van der Waals surface area contributed by atoms with E-state index in [1.54, 1.807) is 0 Å². The molecule has 2 saturated heterocycles. The fourth-order valence-electron chi connectivity index (χ4n) is 3.21. The first-order valence-electron chi connectivity index (χ1n) is 8.44. The molecule has 2 aliphatic heterocycles. The number of amides is 2. The van der Waals surface area contributed by atoms with Gasteiger partial charge in [0.25, 0.3) is 0 Å². The zero-order chi connectivity index (χ0) is 16.1. The van der Waals surface area contributed by atoms with Crippen LogP contribution in [0.15, 0.2) is 24.3 Å². The Morgan fingerprint density at radius 1 is 1.13 bits per heavy atom. The zero-order valence-corrected chi connectivity index (χ0v) is 13.4. The molecule has 0 aromatic heterocycles. The molecular formula is C17H25FN4O. The molecule has 126 valence electrons. The molecule has 0 unspecified atom stereocenters. The minimum Gasteiger partial charge on any atom is -0.336 e. The van der Waals surface area contributed by atoms with Crippen molar-refractivity contribution >= 4 is 6.03 Å². The summed E-state index contributed by atoms with van der Waals surface area (Å²) in [7, 11) is 0. The number of halogens is 1. The molecule has 2 N–H and O–H groups in total. The van der Waals surface area contributed by atoms with Crippen LogP contribution in [0.25, 0.3) is 0 Å². The van der Waals surface area contributed by atoms with Crippen LogP contribution in [0.1, 0.15) is 18.4 Å². The summed E-state index contributed by atoms with van der Waals surface area (Å²) in [6, 6.07) is 7.27. The van der Waals surface area contributed by atoms with Crippen LogP contribution in [0.4, 0.5) is 9.18 Å². The molecule has 6 heteroatoms. The molecule has 2 heterocycles. The predicted molar refractivity (Wildman–Crippen MR) is 87.7 cm³/mol. The van der Waals surface area contributed by atoms with Gasteiger partial charge in [0, 0.05) is 38.8 Å². The van der Waals surface area contributed by atoms with Gasteiger partial charge in [-0.05, 0) is 43.6 Å². The third kappa shape index (κ3) is 4.65. The molecule has 2 aliphatic rings. The molecular weight excluding hydrogens is 295 g/mol. The largest absolute Gasteiger partial charge is 0.336 e. The van der Waals surface area contributed by atoms with Crippen molar-refractivity contribution in [1.29, 1.82) is 0 Å². The lowest BCUT2D eigenvalue weighted by Crippen LogP contribution is -2.45. The second-order valence-corrected chi connectivity index (χ2v) is 6.34. The molecule has 0 saturated carbocycles. The van der Waals surface area contributed by atoms with Crippen LogP contribution in [0, 0.1) is 5.82 Å². The number of carbonyl (C=O) groups excluding carboxylic acids is 1. The van der Waals surface area contributed by atoms with E-state index in [2.05, 4.69) is 15.5 Å². The van der Waals surface area contributed by atoms with Crippen molar-refractivity contribution < 1.29 is 9.18 Å². The molecule has 0 spiro atoms. The van der Waals surface area contributed by atoms with E-state index in [9.17, 15) is 9.18 Å². The fraction of sp³-hybridized carbons (Fsp3) is 0.588. The van der Waals surface area contributed by atoms with Crippen molar-refractivity contribution in [3.05, 3.63) is 35.6 Å². The Morgan fingerprint density at radius 3 is 2.52 bits per heavy atom. The number of likely N-dealkylation sites (tertiary alicyclic amines) is 1. The van der Waals surface area contributed by atoms with Crippen LogP contribution in [-0.4, -0.2) is 61.1 Å². The van der Waals surface area contributed by atoms with E-state index < -0.39 is 0 Å². The van der Waals surface area contributed by atoms with Gasteiger partial charge in [-0.2, -0.15) is 0 Å². The summed E-state index contributed by atoms with van der Waals surface area (Å²) >= 11 is 0. The van der Waals surface area contributed by atoms with Gasteiger partial charge in [0.15, 0.2) is 0 Å². The molecule has 0 aliphatic carbocycles. The highest BCUT2D eigenvalue weighted by atomic mass is 19.1. The number of rotatable bonds is 6. The number of hydrogen-bond donors (Lipinski definition) is 2. The number of piperidine rings is 1. The zero-order valence-electron chi connectivity index (χ0n) is 13.4. The van der Waals surface area contributed by atoms with Crippen LogP contribution >= 0.6 is 0 Å². The maximum atomic E-state index is 12.9. The van der Waals surface area contributed by atoms with Crippen molar-refractivity contribution in [2.45, 2.75) is 25.4 Å². The van der Waals surface area contributed by atoms with E-state index in [0.29, 0.717) is 6.04 Å². The van der Waals surface area contributed by atoms with E-state index in [1.807, 2.05) is 17.0 Å². The lowest BCUT2D eigenvalue weighted by molar-refractivity contribution is 0.173. The van der Waals surface area contributed by atoms with E-state index in [4.69, 9.17) is 0 Å². The summed E-state index contributed by atoms with van der Waals surface area (Å²) in [5.41, 5.74) is 1.12. The van der Waals surface area contributed by atoms with Crippen LogP contribution in [-0.2, 0) is 6.54 Å². The average molecular weight is 320 g/mol. The van der Waals surface area contributed by atoms with Gasteiger partial charge in [-0.15, -0.1) is 0 Å². The Morgan fingerprint density at radius 2 is 1.87 bits per heavy atom. The number of nitrogens with zero attached hydrogens (tertiary/aromatic N) is 2. The summed E-state index contributed by atoms with van der Waals surface area (Å²) in [5.74, 6) is -0.186. The van der Waals surface area contributed by atoms with Crippen molar-refractivity contribution in [3.63, 3.8) is 0 Å². The van der Waals surface area contributed by atoms with Crippen LogP contribution < -0.4 is 10.6 Å². The topological polar surface area (TPSA) is 47.6 Å². The lowest BCUT2D eigenvalue weighted by Gasteiger charge is -2.33. The van der Waals surface area contributed by atoms with Gasteiger partial charge in [0.1, 0.15) is 5.82 Å². The van der Waals surface area contributed by atoms with Crippen LogP contribution in [0.2, 0.25) is 0 Å². The quantitative estimate of drug-likeness (QED) is 0.833. The highest BCUT2D eigenvalue weighted by Gasteiger charge is 2.22. The van der Waals surface area contributed by atoms with E-state index in [0.717, 1.165) is 64.2 Å². The first-order chi connectivity index (χ1) is 11.2. The minimum atomic E-state index is -0.186. The normalized spacial score (nSPS) is 20.0. The Balaban J connectivity index is 1.33. The van der Waals surface area contributed by atoms with Gasteiger partial charge in [0.2, 0.25) is 0 Å². The Hall–Kier alpha value is -1.66. The lowest BCUT2D eigenvalue weighted by atomic mass is 10.0. The molecule has 2 amide bonds. The van der Waals surface area contributed by atoms with E-state index in [1.165, 1.54) is 12.1 Å². The molecule has 1 aromatic rings. The Kier molecular flexibility index (Phi) is 5.46. The summed E-state index contributed by atoms with van der Waals surface area (Å²) in [6.45, 7) is 6.30. The monoisotopic (exact) mass is 320 g/mol. The molecule has 0 atom stereocenters. The highest BCUT2D eigenvalue weighted by Crippen LogP contribution is 2.12. The Bertz CT molecular complexity index is 514. The molecule has 3 rings (SSSR count). The first kappa shape index (κ1) is 16.2. The number of hydrogen-bond acceptors (Lipinski definition) is 3. The summed E-state index contributed by atoms with van der Waals surface area (Å²) in [6.07, 6.45) is 2.24. The maximum Gasteiger partial charge on any atom is 0.317 e. The molecule has 1 aromatic carbocycles. The highest BCUT2D eigenvalue weighted by molar-refractivity contribution is 5.76. The number of nitrogens with one attached hydrogen (secondary N) is 2. The predicted octanol–water partition coefficient (Wildman–Crippen LogP) is 1.40. The van der Waals surface area contributed by atoms with Crippen molar-refractivity contribution in [3.8, 4) is 0 Å². The van der Waals surface area contributed by atoms with Crippen LogP contribution in [0.5, 0.6) is 0 Å². The van der Waals surface area contributed by atoms with Gasteiger partial charge >= 0.3 is 6.03 Å². The molecule has 0 bridgehead atoms. The number of carbonyl (C=O) groups is 1. The van der Waals surface area contributed by atoms with Crippen LogP contribution in [0.3, 0.4) is 0 Å². The summed E-state index contributed by atoms with van der Waals surface area (Å²) < 4.78 is 12.9. The fourth-order valence-corrected chi connectivity index (χ4v) is 3.21. The maximum absolute atomic E-state index is 12.9. The van der Waals surface area contributed by atoms with Gasteiger partial charge < -0.3 is 20.4 Å². The first-order valence-corrected chi connectivity index (χ1v) is 8.44. The van der Waals surface area contributed by atoms with E-state index in [-0.39, 0.29) is 11.8 Å². The molecule has 2 fully saturated rings.